The molecule has 2 aromatic heterocycles. The fourth-order valence-corrected chi connectivity index (χ4v) is 7.19. The van der Waals surface area contributed by atoms with E-state index >= 15 is 4.39 Å². The van der Waals surface area contributed by atoms with E-state index < -0.39 is 31.9 Å². The molecule has 5 rings (SSSR count). The molecular weight excluding hydrogens is 628 g/mol. The maximum absolute atomic E-state index is 15.4. The summed E-state index contributed by atoms with van der Waals surface area (Å²) in [7, 11) is -0.490. The molecule has 1 unspecified atom stereocenters. The van der Waals surface area contributed by atoms with E-state index in [0.29, 0.717) is 45.4 Å². The number of nitrogens with zero attached hydrogens (tertiary/aromatic N) is 2. The number of nitrogens with one attached hydrogen (secondary N) is 1. The van der Waals surface area contributed by atoms with Gasteiger partial charge in [-0.15, -0.1) is 11.3 Å². The highest BCUT2D eigenvalue weighted by Crippen LogP contribution is 2.40. The normalized spacial score (nSPS) is 14.5. The van der Waals surface area contributed by atoms with Crippen molar-refractivity contribution < 1.29 is 32.7 Å². The number of thiophene rings is 1. The van der Waals surface area contributed by atoms with E-state index in [1.807, 2.05) is 0 Å². The fraction of sp³-hybridized carbons (Fsp3) is 0.333. The third kappa shape index (κ3) is 6.76. The maximum Gasteiger partial charge on any atom is 0.264 e. The molecule has 1 saturated heterocycles. The van der Waals surface area contributed by atoms with Crippen LogP contribution >= 0.6 is 11.3 Å². The highest BCUT2D eigenvalue weighted by Gasteiger charge is 2.43. The van der Waals surface area contributed by atoms with Crippen LogP contribution in [0.25, 0.3) is 10.2 Å². The number of hydrogen-bond donors (Lipinski definition) is 2. The molecule has 0 aliphatic carbocycles. The summed E-state index contributed by atoms with van der Waals surface area (Å²) in [5.74, 6) is -3.53. The monoisotopic (exact) mass is 664 g/mol. The van der Waals surface area contributed by atoms with Crippen molar-refractivity contribution in [1.82, 2.24) is 9.88 Å². The number of carbonyl (C=O) groups excluding carboxylic acids is 3. The van der Waals surface area contributed by atoms with Gasteiger partial charge in [-0.25, -0.2) is 4.39 Å². The van der Waals surface area contributed by atoms with Crippen molar-refractivity contribution in [2.75, 3.05) is 25.5 Å². The smallest absolute Gasteiger partial charge is 0.264 e. The van der Waals surface area contributed by atoms with Crippen molar-refractivity contribution in [2.45, 2.75) is 50.9 Å². The zero-order valence-electron chi connectivity index (χ0n) is 26.5. The topological polar surface area (TPSA) is 133 Å². The second kappa shape index (κ2) is 12.8. The van der Waals surface area contributed by atoms with E-state index in [4.69, 9.17) is 19.6 Å². The van der Waals surface area contributed by atoms with Gasteiger partial charge in [0.05, 0.1) is 34.0 Å². The molecule has 1 atom stereocenters. The third-order valence-corrected chi connectivity index (χ3v) is 14.1. The Morgan fingerprint density at radius 2 is 1.78 bits per heavy atom. The van der Waals surface area contributed by atoms with Crippen molar-refractivity contribution in [3.63, 3.8) is 0 Å². The van der Waals surface area contributed by atoms with Gasteiger partial charge in [0.1, 0.15) is 17.4 Å². The number of benzene rings is 2. The molecule has 242 valence electrons. The summed E-state index contributed by atoms with van der Waals surface area (Å²) in [5, 5.41) is 2.70. The lowest BCUT2D eigenvalue weighted by molar-refractivity contribution is -0.127. The van der Waals surface area contributed by atoms with Crippen LogP contribution in [0.5, 0.6) is 17.2 Å². The molecule has 0 radical (unpaired) electrons. The summed E-state index contributed by atoms with van der Waals surface area (Å²) in [5.41, 5.74) is 6.49. The minimum absolute atomic E-state index is 0.0172. The predicted molar refractivity (Wildman–Crippen MR) is 178 cm³/mol. The van der Waals surface area contributed by atoms with Gasteiger partial charge in [0.25, 0.3) is 5.91 Å². The molecule has 1 aliphatic rings. The predicted octanol–water partition coefficient (Wildman–Crippen LogP) is 6.29. The van der Waals surface area contributed by atoms with Crippen LogP contribution < -0.4 is 20.5 Å². The summed E-state index contributed by atoms with van der Waals surface area (Å²) in [4.78, 5) is 45.2. The Labute approximate surface area is 271 Å². The minimum Gasteiger partial charge on any atom is -0.495 e. The SMILES string of the molecule is COc1ccccc1NC(=O)C(C(N)=O)c1ccc(Oc2ccnc3cc(C(=O)N4CC(O[Si](C)(C)C(C)(C)C)C4)sc23)c(F)c1. The van der Waals surface area contributed by atoms with E-state index in [1.165, 1.54) is 36.8 Å². The highest BCUT2D eigenvalue weighted by molar-refractivity contribution is 7.21. The zero-order valence-corrected chi connectivity index (χ0v) is 28.4. The Morgan fingerprint density at radius 3 is 2.43 bits per heavy atom. The molecule has 4 aromatic rings. The molecule has 1 aliphatic heterocycles. The maximum atomic E-state index is 15.4. The first kappa shape index (κ1) is 33.0. The number of anilines is 1. The molecule has 0 bridgehead atoms. The third-order valence-electron chi connectivity index (χ3n) is 8.41. The van der Waals surface area contributed by atoms with E-state index in [-0.39, 0.29) is 28.4 Å². The molecule has 3 amide bonds. The number of nitrogens with two attached hydrogens (primary N) is 1. The number of fused-ring (bicyclic) bond motifs is 1. The lowest BCUT2D eigenvalue weighted by atomic mass is 9.97. The standard InChI is InChI=1S/C33H37FN4O6SSi/c1-33(2,3)46(5,6)44-20-17-38(18-20)32(41)27-16-23-29(45-27)26(13-14-36-23)43-24-12-11-19(15-21(24)34)28(30(35)39)31(40)37-22-9-7-8-10-25(22)42-4/h7-16,20,28H,17-18H2,1-6H3,(H2,35,39)(H,37,40). The van der Waals surface area contributed by atoms with Gasteiger partial charge in [-0.1, -0.05) is 39.0 Å². The summed E-state index contributed by atoms with van der Waals surface area (Å²) in [6, 6.07) is 13.7. The highest BCUT2D eigenvalue weighted by atomic mass is 32.1. The summed E-state index contributed by atoms with van der Waals surface area (Å²) < 4.78 is 33.5. The van der Waals surface area contributed by atoms with Gasteiger partial charge in [0.15, 0.2) is 19.9 Å². The fourth-order valence-electron chi connectivity index (χ4n) is 4.82. The van der Waals surface area contributed by atoms with Gasteiger partial charge in [0.2, 0.25) is 11.8 Å². The molecular formula is C33H37FN4O6SSi. The number of rotatable bonds is 10. The van der Waals surface area contributed by atoms with Gasteiger partial charge in [-0.3, -0.25) is 19.4 Å². The van der Waals surface area contributed by atoms with Crippen LogP contribution in [-0.4, -0.2) is 62.2 Å². The Kier molecular flexibility index (Phi) is 9.20. The van der Waals surface area contributed by atoms with Gasteiger partial charge < -0.3 is 29.9 Å². The van der Waals surface area contributed by atoms with Crippen molar-refractivity contribution in [1.29, 1.82) is 0 Å². The lowest BCUT2D eigenvalue weighted by Gasteiger charge is -2.46. The molecule has 13 heteroatoms. The van der Waals surface area contributed by atoms with Crippen LogP contribution in [0.4, 0.5) is 10.1 Å². The molecule has 3 heterocycles. The largest absolute Gasteiger partial charge is 0.495 e. The first-order chi connectivity index (χ1) is 21.7. The Hall–Kier alpha value is -4.33. The number of para-hydroxylation sites is 2. The molecule has 3 N–H and O–H groups in total. The van der Waals surface area contributed by atoms with E-state index in [1.54, 1.807) is 41.3 Å². The Balaban J connectivity index is 1.30. The van der Waals surface area contributed by atoms with Crippen LogP contribution in [0, 0.1) is 5.82 Å². The Bertz CT molecular complexity index is 1800. The number of carbonyl (C=O) groups is 3. The number of halogens is 1. The van der Waals surface area contributed by atoms with Crippen LogP contribution in [0.2, 0.25) is 18.1 Å². The van der Waals surface area contributed by atoms with Crippen LogP contribution in [0.3, 0.4) is 0 Å². The minimum atomic E-state index is -1.94. The summed E-state index contributed by atoms with van der Waals surface area (Å²) >= 11 is 1.22. The van der Waals surface area contributed by atoms with Crippen LogP contribution in [-0.2, 0) is 14.0 Å². The van der Waals surface area contributed by atoms with Crippen molar-refractivity contribution in [3.05, 3.63) is 77.1 Å². The second-order valence-corrected chi connectivity index (χ2v) is 18.5. The van der Waals surface area contributed by atoms with Crippen LogP contribution in [0.15, 0.2) is 60.8 Å². The van der Waals surface area contributed by atoms with Gasteiger partial charge >= 0.3 is 0 Å². The number of pyridine rings is 1. The van der Waals surface area contributed by atoms with E-state index in [2.05, 4.69) is 44.2 Å². The molecule has 0 spiro atoms. The van der Waals surface area contributed by atoms with Crippen LogP contribution in [0.1, 0.15) is 41.9 Å². The second-order valence-electron chi connectivity index (χ2n) is 12.7. The first-order valence-corrected chi connectivity index (χ1v) is 18.5. The molecule has 10 nitrogen and oxygen atoms in total. The number of methoxy groups -OCH3 is 1. The molecule has 1 fully saturated rings. The average molecular weight is 665 g/mol. The number of aromatic nitrogens is 1. The molecule has 46 heavy (non-hydrogen) atoms. The molecule has 0 saturated carbocycles. The number of amides is 3. The van der Waals surface area contributed by atoms with Crippen molar-refractivity contribution in [3.8, 4) is 17.2 Å². The lowest BCUT2D eigenvalue weighted by Crippen LogP contribution is -2.59. The van der Waals surface area contributed by atoms with E-state index in [0.717, 1.165) is 6.07 Å². The molecule has 2 aromatic carbocycles. The van der Waals surface area contributed by atoms with Gasteiger partial charge in [-0.05, 0) is 54.0 Å². The summed E-state index contributed by atoms with van der Waals surface area (Å²) in [6.45, 7) is 12.0. The zero-order chi connectivity index (χ0) is 33.4. The average Bonchev–Trinajstić information content (AvgIpc) is 3.41. The number of ether oxygens (including phenoxy) is 2. The Morgan fingerprint density at radius 1 is 1.07 bits per heavy atom. The number of hydrogen-bond acceptors (Lipinski definition) is 8. The van der Waals surface area contributed by atoms with Crippen molar-refractivity contribution in [2.24, 2.45) is 5.73 Å². The first-order valence-electron chi connectivity index (χ1n) is 14.7. The van der Waals surface area contributed by atoms with Gasteiger partial charge in [0, 0.05) is 25.4 Å². The summed E-state index contributed by atoms with van der Waals surface area (Å²) in [6.07, 6.45) is 1.53. The van der Waals surface area contributed by atoms with E-state index in [9.17, 15) is 14.4 Å². The van der Waals surface area contributed by atoms with Gasteiger partial charge in [-0.2, -0.15) is 0 Å². The van der Waals surface area contributed by atoms with Crippen molar-refractivity contribution >= 4 is 53.3 Å². The number of likely N-dealkylation sites (tertiary alicyclic amines) is 1. The number of primary amides is 1. The quantitative estimate of drug-likeness (QED) is 0.150.